The van der Waals surface area contributed by atoms with Gasteiger partial charge in [0.05, 0.1) is 17.5 Å². The number of rotatable bonds is 6. The lowest BCUT2D eigenvalue weighted by Gasteiger charge is -2.04. The summed E-state index contributed by atoms with van der Waals surface area (Å²) in [5.74, 6) is 0. The summed E-state index contributed by atoms with van der Waals surface area (Å²) in [4.78, 5) is 9.62. The molecule has 1 N–H and O–H groups in total. The van der Waals surface area contributed by atoms with E-state index in [-0.39, 0.29) is 0 Å². The standard InChI is InChI=1S/C11H16N4S/c1-10-11(16-9-14-10)2-3-12-4-6-15-7-5-13-8-15/h5,7-9,12H,2-4,6H2,1H3. The third-order valence-electron chi connectivity index (χ3n) is 2.48. The molecule has 2 rings (SSSR count). The predicted molar refractivity (Wildman–Crippen MR) is 65.7 cm³/mol. The molecule has 16 heavy (non-hydrogen) atoms. The molecule has 0 amide bonds. The number of hydrogen-bond donors (Lipinski definition) is 1. The minimum atomic E-state index is 0.974. The highest BCUT2D eigenvalue weighted by Crippen LogP contribution is 2.11. The maximum absolute atomic E-state index is 4.23. The van der Waals surface area contributed by atoms with E-state index in [0.717, 1.165) is 26.1 Å². The quantitative estimate of drug-likeness (QED) is 0.773. The maximum Gasteiger partial charge on any atom is 0.0946 e. The van der Waals surface area contributed by atoms with E-state index in [1.807, 2.05) is 18.0 Å². The molecule has 0 spiro atoms. The molecule has 4 nitrogen and oxygen atoms in total. The second kappa shape index (κ2) is 5.77. The predicted octanol–water partition coefficient (Wildman–Crippen LogP) is 1.48. The monoisotopic (exact) mass is 236 g/mol. The Balaban J connectivity index is 1.61. The summed E-state index contributed by atoms with van der Waals surface area (Å²) in [7, 11) is 0. The summed E-state index contributed by atoms with van der Waals surface area (Å²) in [5, 5.41) is 3.42. The molecular weight excluding hydrogens is 220 g/mol. The van der Waals surface area contributed by atoms with E-state index in [1.165, 1.54) is 10.6 Å². The van der Waals surface area contributed by atoms with Crippen molar-refractivity contribution in [3.8, 4) is 0 Å². The van der Waals surface area contributed by atoms with Crippen molar-refractivity contribution < 1.29 is 0 Å². The van der Waals surface area contributed by atoms with Gasteiger partial charge in [-0.2, -0.15) is 0 Å². The van der Waals surface area contributed by atoms with Crippen molar-refractivity contribution in [3.05, 3.63) is 34.8 Å². The summed E-state index contributed by atoms with van der Waals surface area (Å²) in [5.41, 5.74) is 3.08. The van der Waals surface area contributed by atoms with Crippen LogP contribution in [0.4, 0.5) is 0 Å². The molecule has 0 aliphatic carbocycles. The zero-order valence-electron chi connectivity index (χ0n) is 9.39. The summed E-state index contributed by atoms with van der Waals surface area (Å²) in [6.07, 6.45) is 6.70. The van der Waals surface area contributed by atoms with Crippen LogP contribution in [-0.4, -0.2) is 27.6 Å². The Hall–Kier alpha value is -1.20. The molecule has 0 saturated heterocycles. The summed E-state index contributed by atoms with van der Waals surface area (Å²) in [6, 6.07) is 0. The van der Waals surface area contributed by atoms with Crippen molar-refractivity contribution in [1.82, 2.24) is 19.9 Å². The SMILES string of the molecule is Cc1ncsc1CCNCCn1ccnc1. The van der Waals surface area contributed by atoms with Crippen LogP contribution in [0.5, 0.6) is 0 Å². The molecule has 0 aliphatic heterocycles. The average Bonchev–Trinajstić information content (AvgIpc) is 2.90. The molecule has 0 unspecified atom stereocenters. The van der Waals surface area contributed by atoms with Gasteiger partial charge in [0.15, 0.2) is 0 Å². The maximum atomic E-state index is 4.23. The first-order valence-electron chi connectivity index (χ1n) is 5.41. The van der Waals surface area contributed by atoms with Crippen molar-refractivity contribution in [2.75, 3.05) is 13.1 Å². The molecule has 0 bridgehead atoms. The van der Waals surface area contributed by atoms with E-state index in [0.29, 0.717) is 0 Å². The second-order valence-electron chi connectivity index (χ2n) is 3.66. The van der Waals surface area contributed by atoms with E-state index in [2.05, 4.69) is 26.8 Å². The fourth-order valence-electron chi connectivity index (χ4n) is 1.52. The van der Waals surface area contributed by atoms with Gasteiger partial charge in [0.25, 0.3) is 0 Å². The Labute approximate surface area is 99.4 Å². The van der Waals surface area contributed by atoms with Crippen LogP contribution in [0.15, 0.2) is 24.2 Å². The van der Waals surface area contributed by atoms with Crippen molar-refractivity contribution in [3.63, 3.8) is 0 Å². The van der Waals surface area contributed by atoms with Gasteiger partial charge < -0.3 is 9.88 Å². The largest absolute Gasteiger partial charge is 0.336 e. The highest BCUT2D eigenvalue weighted by molar-refractivity contribution is 7.09. The van der Waals surface area contributed by atoms with Gasteiger partial charge in [0.1, 0.15) is 0 Å². The first kappa shape index (κ1) is 11.3. The van der Waals surface area contributed by atoms with Crippen LogP contribution in [0, 0.1) is 6.92 Å². The van der Waals surface area contributed by atoms with Crippen LogP contribution in [-0.2, 0) is 13.0 Å². The van der Waals surface area contributed by atoms with E-state index < -0.39 is 0 Å². The molecule has 0 atom stereocenters. The Bertz CT molecular complexity index is 407. The summed E-state index contributed by atoms with van der Waals surface area (Å²) < 4.78 is 2.07. The molecule has 0 radical (unpaired) electrons. The van der Waals surface area contributed by atoms with Crippen molar-refractivity contribution in [2.45, 2.75) is 19.9 Å². The van der Waals surface area contributed by atoms with Gasteiger partial charge in [-0.05, 0) is 13.3 Å². The van der Waals surface area contributed by atoms with E-state index in [9.17, 15) is 0 Å². The van der Waals surface area contributed by atoms with Crippen molar-refractivity contribution in [2.24, 2.45) is 0 Å². The number of imidazole rings is 1. The van der Waals surface area contributed by atoms with E-state index >= 15 is 0 Å². The van der Waals surface area contributed by atoms with Gasteiger partial charge in [-0.1, -0.05) is 0 Å². The lowest BCUT2D eigenvalue weighted by atomic mass is 10.3. The highest BCUT2D eigenvalue weighted by Gasteiger charge is 1.99. The van der Waals surface area contributed by atoms with E-state index in [1.54, 1.807) is 17.5 Å². The Morgan fingerprint density at radius 3 is 3.06 bits per heavy atom. The topological polar surface area (TPSA) is 42.7 Å². The molecule has 0 aromatic carbocycles. The summed E-state index contributed by atoms with van der Waals surface area (Å²) in [6.45, 7) is 5.03. The number of thiazole rings is 1. The van der Waals surface area contributed by atoms with E-state index in [4.69, 9.17) is 0 Å². The van der Waals surface area contributed by atoms with Crippen LogP contribution in [0.3, 0.4) is 0 Å². The molecule has 0 fully saturated rings. The Kier molecular flexibility index (Phi) is 4.07. The van der Waals surface area contributed by atoms with Gasteiger partial charge in [-0.15, -0.1) is 11.3 Å². The average molecular weight is 236 g/mol. The third kappa shape index (κ3) is 3.15. The van der Waals surface area contributed by atoms with Crippen molar-refractivity contribution >= 4 is 11.3 Å². The van der Waals surface area contributed by atoms with Crippen LogP contribution in [0.1, 0.15) is 10.6 Å². The number of nitrogens with zero attached hydrogens (tertiary/aromatic N) is 3. The first-order chi connectivity index (χ1) is 7.86. The van der Waals surface area contributed by atoms with Gasteiger partial charge in [-0.25, -0.2) is 9.97 Å². The zero-order valence-corrected chi connectivity index (χ0v) is 10.2. The van der Waals surface area contributed by atoms with Crippen LogP contribution >= 0.6 is 11.3 Å². The van der Waals surface area contributed by atoms with Gasteiger partial charge in [-0.3, -0.25) is 0 Å². The fourth-order valence-corrected chi connectivity index (χ4v) is 2.30. The molecule has 2 aromatic rings. The second-order valence-corrected chi connectivity index (χ2v) is 4.60. The highest BCUT2D eigenvalue weighted by atomic mass is 32.1. The molecular formula is C11H16N4S. The lowest BCUT2D eigenvalue weighted by molar-refractivity contribution is 0.599. The lowest BCUT2D eigenvalue weighted by Crippen LogP contribution is -2.21. The van der Waals surface area contributed by atoms with Crippen LogP contribution in [0.25, 0.3) is 0 Å². The van der Waals surface area contributed by atoms with Gasteiger partial charge in [0, 0.05) is 36.9 Å². The number of hydrogen-bond acceptors (Lipinski definition) is 4. The minimum absolute atomic E-state index is 0.974. The zero-order chi connectivity index (χ0) is 11.2. The number of aromatic nitrogens is 3. The Morgan fingerprint density at radius 1 is 1.44 bits per heavy atom. The third-order valence-corrected chi connectivity index (χ3v) is 3.47. The summed E-state index contributed by atoms with van der Waals surface area (Å²) >= 11 is 1.74. The van der Waals surface area contributed by atoms with Gasteiger partial charge in [0.2, 0.25) is 0 Å². The molecule has 0 saturated carbocycles. The Morgan fingerprint density at radius 2 is 2.38 bits per heavy atom. The molecule has 2 aromatic heterocycles. The fraction of sp³-hybridized carbons (Fsp3) is 0.455. The van der Waals surface area contributed by atoms with Crippen LogP contribution in [0.2, 0.25) is 0 Å². The smallest absolute Gasteiger partial charge is 0.0946 e. The van der Waals surface area contributed by atoms with Crippen LogP contribution < -0.4 is 5.32 Å². The van der Waals surface area contributed by atoms with Gasteiger partial charge >= 0.3 is 0 Å². The van der Waals surface area contributed by atoms with Crippen molar-refractivity contribution in [1.29, 1.82) is 0 Å². The molecule has 5 heteroatoms. The number of nitrogens with one attached hydrogen (secondary N) is 1. The first-order valence-corrected chi connectivity index (χ1v) is 6.29. The number of aryl methyl sites for hydroxylation is 1. The molecule has 2 heterocycles. The minimum Gasteiger partial charge on any atom is -0.336 e. The normalized spacial score (nSPS) is 10.8. The molecule has 0 aliphatic rings. The molecule has 86 valence electrons.